The molecule has 1 heterocycles. The molecule has 2 aromatic rings. The van der Waals surface area contributed by atoms with Gasteiger partial charge in [-0.15, -0.1) is 0 Å². The first-order chi connectivity index (χ1) is 12.1. The van der Waals surface area contributed by atoms with Crippen molar-refractivity contribution in [2.75, 3.05) is 16.8 Å². The highest BCUT2D eigenvalue weighted by Crippen LogP contribution is 2.33. The zero-order chi connectivity index (χ0) is 17.8. The van der Waals surface area contributed by atoms with Crippen LogP contribution in [0.25, 0.3) is 0 Å². The lowest BCUT2D eigenvalue weighted by atomic mass is 10.2. The van der Waals surface area contributed by atoms with Gasteiger partial charge >= 0.3 is 5.97 Å². The van der Waals surface area contributed by atoms with Gasteiger partial charge in [0.2, 0.25) is 0 Å². The minimum absolute atomic E-state index is 0.255. The molecule has 1 N–H and O–H groups in total. The molecule has 128 valence electrons. The number of ether oxygens (including phenoxy) is 1. The van der Waals surface area contributed by atoms with Gasteiger partial charge in [0.05, 0.1) is 17.9 Å². The van der Waals surface area contributed by atoms with E-state index in [0.717, 1.165) is 16.7 Å². The fraction of sp³-hybridized carbons (Fsp3) is 0.167. The third-order valence-electron chi connectivity index (χ3n) is 3.57. The summed E-state index contributed by atoms with van der Waals surface area (Å²) in [6, 6.07) is 15.5. The number of para-hydroxylation sites is 2. The number of thioether (sulfide) groups is 1. The molecule has 3 rings (SSSR count). The van der Waals surface area contributed by atoms with Crippen molar-refractivity contribution in [1.29, 1.82) is 0 Å². The maximum atomic E-state index is 12.6. The third-order valence-corrected chi connectivity index (χ3v) is 4.51. The van der Waals surface area contributed by atoms with Crippen LogP contribution in [0.3, 0.4) is 0 Å². The molecular formula is C18H16N2O4S. The molecule has 1 saturated heterocycles. The van der Waals surface area contributed by atoms with Crippen molar-refractivity contribution in [3.8, 4) is 0 Å². The van der Waals surface area contributed by atoms with Crippen molar-refractivity contribution in [2.45, 2.75) is 12.3 Å². The van der Waals surface area contributed by atoms with Crippen LogP contribution in [0.15, 0.2) is 54.6 Å². The Hall–Kier alpha value is -2.80. The van der Waals surface area contributed by atoms with Gasteiger partial charge in [0.25, 0.3) is 11.1 Å². The van der Waals surface area contributed by atoms with Gasteiger partial charge in [-0.05, 0) is 43.0 Å². The van der Waals surface area contributed by atoms with E-state index in [1.54, 1.807) is 55.5 Å². The number of imide groups is 1. The van der Waals surface area contributed by atoms with Crippen LogP contribution in [0.1, 0.15) is 17.3 Å². The van der Waals surface area contributed by atoms with Gasteiger partial charge < -0.3 is 10.1 Å². The van der Waals surface area contributed by atoms with E-state index in [4.69, 9.17) is 4.74 Å². The van der Waals surface area contributed by atoms with E-state index in [9.17, 15) is 14.4 Å². The molecule has 0 saturated carbocycles. The lowest BCUT2D eigenvalue weighted by molar-refractivity contribution is -0.116. The van der Waals surface area contributed by atoms with Gasteiger partial charge in [-0.1, -0.05) is 30.3 Å². The molecule has 1 aliphatic rings. The summed E-state index contributed by atoms with van der Waals surface area (Å²) in [4.78, 5) is 38.1. The van der Waals surface area contributed by atoms with Crippen molar-refractivity contribution >= 4 is 40.3 Å². The number of benzene rings is 2. The number of esters is 1. The molecule has 1 aliphatic heterocycles. The van der Waals surface area contributed by atoms with Crippen LogP contribution in [0.5, 0.6) is 0 Å². The molecule has 1 fully saturated rings. The van der Waals surface area contributed by atoms with Crippen LogP contribution in [-0.2, 0) is 9.53 Å². The largest absolute Gasteiger partial charge is 0.462 e. The van der Waals surface area contributed by atoms with Gasteiger partial charge in [-0.2, -0.15) is 0 Å². The molecule has 0 aliphatic carbocycles. The molecular weight excluding hydrogens is 340 g/mol. The van der Waals surface area contributed by atoms with Crippen LogP contribution in [-0.4, -0.2) is 29.1 Å². The maximum Gasteiger partial charge on any atom is 0.340 e. The van der Waals surface area contributed by atoms with Gasteiger partial charge in [-0.25, -0.2) is 9.69 Å². The van der Waals surface area contributed by atoms with Crippen LogP contribution in [0.2, 0.25) is 0 Å². The smallest absolute Gasteiger partial charge is 0.340 e. The highest BCUT2D eigenvalue weighted by atomic mass is 32.2. The first kappa shape index (κ1) is 17.0. The van der Waals surface area contributed by atoms with E-state index in [0.29, 0.717) is 16.9 Å². The van der Waals surface area contributed by atoms with Crippen molar-refractivity contribution in [3.05, 3.63) is 60.2 Å². The number of hydrogen-bond donors (Lipinski definition) is 1. The number of carbonyl (C=O) groups excluding carboxylic acids is 3. The minimum Gasteiger partial charge on any atom is -0.462 e. The molecule has 6 nitrogen and oxygen atoms in total. The van der Waals surface area contributed by atoms with E-state index < -0.39 is 11.3 Å². The summed E-state index contributed by atoms with van der Waals surface area (Å²) in [6.45, 7) is 1.98. The lowest BCUT2D eigenvalue weighted by Crippen LogP contribution is -2.34. The number of rotatable bonds is 5. The van der Waals surface area contributed by atoms with E-state index in [2.05, 4.69) is 5.32 Å². The molecule has 1 atom stereocenters. The number of nitrogens with zero attached hydrogens (tertiary/aromatic N) is 1. The number of anilines is 2. The predicted octanol–water partition coefficient (Wildman–Crippen LogP) is 3.50. The molecule has 0 bridgehead atoms. The van der Waals surface area contributed by atoms with Crippen LogP contribution < -0.4 is 10.2 Å². The van der Waals surface area contributed by atoms with Crippen LogP contribution in [0.4, 0.5) is 16.2 Å². The fourth-order valence-corrected chi connectivity index (χ4v) is 3.34. The summed E-state index contributed by atoms with van der Waals surface area (Å²) in [7, 11) is 0. The monoisotopic (exact) mass is 356 g/mol. The van der Waals surface area contributed by atoms with Crippen LogP contribution in [0, 0.1) is 0 Å². The van der Waals surface area contributed by atoms with Crippen LogP contribution >= 0.6 is 11.8 Å². The number of amides is 2. The Labute approximate surface area is 149 Å². The summed E-state index contributed by atoms with van der Waals surface area (Å²) >= 11 is 0.879. The Kier molecular flexibility index (Phi) is 5.04. The summed E-state index contributed by atoms with van der Waals surface area (Å²) < 4.78 is 5.02. The van der Waals surface area contributed by atoms with Crippen molar-refractivity contribution in [2.24, 2.45) is 0 Å². The van der Waals surface area contributed by atoms with Crippen molar-refractivity contribution in [1.82, 2.24) is 0 Å². The highest BCUT2D eigenvalue weighted by Gasteiger charge is 2.41. The van der Waals surface area contributed by atoms with Gasteiger partial charge in [0.15, 0.2) is 5.37 Å². The van der Waals surface area contributed by atoms with Gasteiger partial charge in [-0.3, -0.25) is 9.59 Å². The first-order valence-electron chi connectivity index (χ1n) is 7.74. The Morgan fingerprint density at radius 1 is 1.12 bits per heavy atom. The van der Waals surface area contributed by atoms with Crippen molar-refractivity contribution in [3.63, 3.8) is 0 Å². The highest BCUT2D eigenvalue weighted by molar-refractivity contribution is 8.16. The Morgan fingerprint density at radius 2 is 1.80 bits per heavy atom. The van der Waals surface area contributed by atoms with Gasteiger partial charge in [0, 0.05) is 5.69 Å². The summed E-state index contributed by atoms with van der Waals surface area (Å²) in [5.74, 6) is -0.854. The molecule has 0 spiro atoms. The van der Waals surface area contributed by atoms with E-state index >= 15 is 0 Å². The predicted molar refractivity (Wildman–Crippen MR) is 96.7 cm³/mol. The Morgan fingerprint density at radius 3 is 2.52 bits per heavy atom. The maximum absolute atomic E-state index is 12.6. The topological polar surface area (TPSA) is 75.7 Å². The van der Waals surface area contributed by atoms with E-state index in [-0.39, 0.29) is 17.8 Å². The summed E-state index contributed by atoms with van der Waals surface area (Å²) in [5.41, 5.74) is 1.30. The minimum atomic E-state index is -0.803. The van der Waals surface area contributed by atoms with E-state index in [1.807, 2.05) is 6.07 Å². The van der Waals surface area contributed by atoms with Gasteiger partial charge in [0.1, 0.15) is 0 Å². The lowest BCUT2D eigenvalue weighted by Gasteiger charge is -2.16. The summed E-state index contributed by atoms with van der Waals surface area (Å²) in [5, 5.41) is 1.82. The second-order valence-corrected chi connectivity index (χ2v) is 6.24. The standard InChI is InChI=1S/C18H16N2O4S/c1-2-24-17(22)13-10-6-7-11-14(13)19-15-16(21)20(18(23)25-15)12-8-4-3-5-9-12/h3-11,15,19H,2H2,1H3/t15-/m0/s1. The average Bonchev–Trinajstić information content (AvgIpc) is 2.90. The summed E-state index contributed by atoms with van der Waals surface area (Å²) in [6.07, 6.45) is 0. The number of nitrogens with one attached hydrogen (secondary N) is 1. The number of hydrogen-bond acceptors (Lipinski definition) is 6. The Bertz CT molecular complexity index is 810. The molecule has 25 heavy (non-hydrogen) atoms. The molecule has 0 unspecified atom stereocenters. The van der Waals surface area contributed by atoms with Crippen molar-refractivity contribution < 1.29 is 19.1 Å². The van der Waals surface area contributed by atoms with E-state index in [1.165, 1.54) is 0 Å². The number of carbonyl (C=O) groups is 3. The molecule has 2 aromatic carbocycles. The molecule has 0 aromatic heterocycles. The second kappa shape index (κ2) is 7.40. The zero-order valence-corrected chi connectivity index (χ0v) is 14.3. The second-order valence-electron chi connectivity index (χ2n) is 5.18. The first-order valence-corrected chi connectivity index (χ1v) is 8.62. The third kappa shape index (κ3) is 3.51. The molecule has 0 radical (unpaired) electrons. The SMILES string of the molecule is CCOC(=O)c1ccccc1N[C@H]1SC(=O)N(c2ccccc2)C1=O. The quantitative estimate of drug-likeness (QED) is 0.827. The average molecular weight is 356 g/mol. The zero-order valence-electron chi connectivity index (χ0n) is 13.5. The molecule has 7 heteroatoms. The fourth-order valence-electron chi connectivity index (χ4n) is 2.45. The normalized spacial score (nSPS) is 16.8. The molecule has 2 amide bonds. The Balaban J connectivity index is 1.82.